The Balaban J connectivity index is 1.45. The van der Waals surface area contributed by atoms with Crippen molar-refractivity contribution in [1.82, 2.24) is 9.97 Å². The fourth-order valence-corrected chi connectivity index (χ4v) is 4.03. The number of amides is 1. The van der Waals surface area contributed by atoms with E-state index in [0.29, 0.717) is 24.5 Å². The van der Waals surface area contributed by atoms with Gasteiger partial charge < -0.3 is 15.1 Å². The Bertz CT molecular complexity index is 1240. The average molecular weight is 384 g/mol. The molecule has 0 radical (unpaired) electrons. The number of aromatic nitrogens is 2. The van der Waals surface area contributed by atoms with Gasteiger partial charge in [-0.05, 0) is 42.2 Å². The van der Waals surface area contributed by atoms with Gasteiger partial charge in [-0.15, -0.1) is 0 Å². The van der Waals surface area contributed by atoms with E-state index in [4.69, 9.17) is 10.2 Å². The molecule has 1 amide bonds. The Morgan fingerprint density at radius 1 is 1.21 bits per heavy atom. The summed E-state index contributed by atoms with van der Waals surface area (Å²) in [5.41, 5.74) is 12.7. The Hall–Kier alpha value is -3.67. The molecule has 0 aliphatic carbocycles. The largest absolute Gasteiger partial charge is 0.445 e. The maximum Gasteiger partial charge on any atom is 0.231 e. The van der Waals surface area contributed by atoms with Crippen molar-refractivity contribution in [2.45, 2.75) is 19.8 Å². The van der Waals surface area contributed by atoms with Crippen LogP contribution in [0.2, 0.25) is 0 Å². The molecule has 2 aromatic heterocycles. The SMILES string of the molecule is Cc1cccc(CC(=O)N2CCc3cc(-c4coc5ncnc(N)c45)ccc32)c1. The summed E-state index contributed by atoms with van der Waals surface area (Å²) in [6.45, 7) is 2.73. The van der Waals surface area contributed by atoms with E-state index in [1.807, 2.05) is 42.2 Å². The first-order chi connectivity index (χ1) is 14.1. The lowest BCUT2D eigenvalue weighted by Gasteiger charge is -2.18. The van der Waals surface area contributed by atoms with Crippen molar-refractivity contribution in [3.63, 3.8) is 0 Å². The van der Waals surface area contributed by atoms with Crippen LogP contribution in [-0.2, 0) is 17.6 Å². The molecule has 1 aliphatic rings. The van der Waals surface area contributed by atoms with Crippen molar-refractivity contribution >= 4 is 28.5 Å². The standard InChI is InChI=1S/C23H20N4O2/c1-14-3-2-4-15(9-14)10-20(28)27-8-7-17-11-16(5-6-19(17)27)18-12-29-23-21(18)22(24)25-13-26-23/h2-6,9,11-13H,7-8,10H2,1H3,(H2,24,25,26). The molecule has 0 spiro atoms. The van der Waals surface area contributed by atoms with Crippen molar-refractivity contribution in [3.05, 3.63) is 71.7 Å². The lowest BCUT2D eigenvalue weighted by atomic mass is 10.0. The normalized spacial score (nSPS) is 13.1. The lowest BCUT2D eigenvalue weighted by molar-refractivity contribution is -0.117. The van der Waals surface area contributed by atoms with Crippen LogP contribution in [0.1, 0.15) is 16.7 Å². The predicted molar refractivity (Wildman–Crippen MR) is 113 cm³/mol. The molecule has 5 rings (SSSR count). The van der Waals surface area contributed by atoms with E-state index in [9.17, 15) is 4.79 Å². The number of benzene rings is 2. The second-order valence-electron chi connectivity index (χ2n) is 7.39. The molecule has 1 aliphatic heterocycles. The van der Waals surface area contributed by atoms with E-state index < -0.39 is 0 Å². The summed E-state index contributed by atoms with van der Waals surface area (Å²) in [7, 11) is 0. The van der Waals surface area contributed by atoms with Crippen LogP contribution in [0.25, 0.3) is 22.2 Å². The highest BCUT2D eigenvalue weighted by atomic mass is 16.3. The summed E-state index contributed by atoms with van der Waals surface area (Å²) in [5, 5.41) is 0.720. The first kappa shape index (κ1) is 17.4. The highest BCUT2D eigenvalue weighted by Crippen LogP contribution is 2.37. The number of nitrogens with two attached hydrogens (primary N) is 1. The van der Waals surface area contributed by atoms with Crippen molar-refractivity contribution < 1.29 is 9.21 Å². The zero-order valence-corrected chi connectivity index (χ0v) is 16.1. The third-order valence-corrected chi connectivity index (χ3v) is 5.42. The molecule has 2 N–H and O–H groups in total. The van der Waals surface area contributed by atoms with Crippen LogP contribution in [0.5, 0.6) is 0 Å². The molecule has 144 valence electrons. The number of fused-ring (bicyclic) bond motifs is 2. The molecule has 0 fully saturated rings. The van der Waals surface area contributed by atoms with Crippen LogP contribution in [0, 0.1) is 6.92 Å². The molecule has 4 aromatic rings. The molecular formula is C23H20N4O2. The van der Waals surface area contributed by atoms with E-state index in [2.05, 4.69) is 22.1 Å². The summed E-state index contributed by atoms with van der Waals surface area (Å²) in [4.78, 5) is 23.0. The van der Waals surface area contributed by atoms with E-state index in [1.165, 1.54) is 6.33 Å². The fourth-order valence-electron chi connectivity index (χ4n) is 4.03. The zero-order valence-electron chi connectivity index (χ0n) is 16.1. The topological polar surface area (TPSA) is 85.2 Å². The molecule has 2 aromatic carbocycles. The average Bonchev–Trinajstić information content (AvgIpc) is 3.32. The number of hydrogen-bond acceptors (Lipinski definition) is 5. The van der Waals surface area contributed by atoms with Gasteiger partial charge in [-0.3, -0.25) is 4.79 Å². The number of furan rings is 1. The van der Waals surface area contributed by atoms with Gasteiger partial charge in [0, 0.05) is 17.8 Å². The predicted octanol–water partition coefficient (Wildman–Crippen LogP) is 3.91. The third-order valence-electron chi connectivity index (χ3n) is 5.42. The van der Waals surface area contributed by atoms with Gasteiger partial charge in [-0.1, -0.05) is 35.9 Å². The first-order valence-corrected chi connectivity index (χ1v) is 9.57. The Labute approximate surface area is 168 Å². The highest BCUT2D eigenvalue weighted by molar-refractivity contribution is 6.00. The van der Waals surface area contributed by atoms with Gasteiger partial charge in [0.25, 0.3) is 0 Å². The third kappa shape index (κ3) is 3.02. The van der Waals surface area contributed by atoms with Gasteiger partial charge in [-0.2, -0.15) is 0 Å². The number of anilines is 2. The number of aryl methyl sites for hydroxylation is 1. The minimum Gasteiger partial charge on any atom is -0.445 e. The summed E-state index contributed by atoms with van der Waals surface area (Å²) >= 11 is 0. The Kier molecular flexibility index (Phi) is 4.05. The molecule has 6 nitrogen and oxygen atoms in total. The number of carbonyl (C=O) groups is 1. The molecule has 6 heteroatoms. The van der Waals surface area contributed by atoms with Crippen LogP contribution in [0.3, 0.4) is 0 Å². The van der Waals surface area contributed by atoms with Crippen LogP contribution in [-0.4, -0.2) is 22.4 Å². The lowest BCUT2D eigenvalue weighted by Crippen LogP contribution is -2.30. The van der Waals surface area contributed by atoms with Gasteiger partial charge in [0.2, 0.25) is 11.6 Å². The molecule has 29 heavy (non-hydrogen) atoms. The smallest absolute Gasteiger partial charge is 0.231 e. The summed E-state index contributed by atoms with van der Waals surface area (Å²) < 4.78 is 5.54. The number of nitrogens with zero attached hydrogens (tertiary/aromatic N) is 3. The minimum atomic E-state index is 0.119. The molecule has 0 saturated heterocycles. The van der Waals surface area contributed by atoms with Crippen molar-refractivity contribution in [3.8, 4) is 11.1 Å². The first-order valence-electron chi connectivity index (χ1n) is 9.57. The quantitative estimate of drug-likeness (QED) is 0.579. The number of hydrogen-bond donors (Lipinski definition) is 1. The van der Waals surface area contributed by atoms with Gasteiger partial charge >= 0.3 is 0 Å². The van der Waals surface area contributed by atoms with Gasteiger partial charge in [0.05, 0.1) is 11.8 Å². The second-order valence-corrected chi connectivity index (χ2v) is 7.39. The number of nitrogen functional groups attached to an aromatic ring is 1. The van der Waals surface area contributed by atoms with Crippen LogP contribution in [0.4, 0.5) is 11.5 Å². The maximum absolute atomic E-state index is 12.9. The Morgan fingerprint density at radius 3 is 2.97 bits per heavy atom. The summed E-state index contributed by atoms with van der Waals surface area (Å²) in [6, 6.07) is 14.2. The summed E-state index contributed by atoms with van der Waals surface area (Å²) in [6.07, 6.45) is 4.28. The van der Waals surface area contributed by atoms with Crippen LogP contribution in [0.15, 0.2) is 59.5 Å². The molecule has 0 unspecified atom stereocenters. The van der Waals surface area contributed by atoms with E-state index >= 15 is 0 Å². The molecule has 0 bridgehead atoms. The molecular weight excluding hydrogens is 364 g/mol. The molecule has 3 heterocycles. The second kappa shape index (κ2) is 6.74. The molecule has 0 atom stereocenters. The van der Waals surface area contributed by atoms with Crippen molar-refractivity contribution in [2.24, 2.45) is 0 Å². The number of carbonyl (C=O) groups excluding carboxylic acids is 1. The van der Waals surface area contributed by atoms with Gasteiger partial charge in [0.15, 0.2) is 0 Å². The number of rotatable bonds is 3. The van der Waals surface area contributed by atoms with Crippen molar-refractivity contribution in [1.29, 1.82) is 0 Å². The van der Waals surface area contributed by atoms with Crippen molar-refractivity contribution in [2.75, 3.05) is 17.2 Å². The van der Waals surface area contributed by atoms with Crippen LogP contribution < -0.4 is 10.6 Å². The van der Waals surface area contributed by atoms with Crippen LogP contribution >= 0.6 is 0 Å². The van der Waals surface area contributed by atoms with Gasteiger partial charge in [-0.25, -0.2) is 9.97 Å². The highest BCUT2D eigenvalue weighted by Gasteiger charge is 2.25. The monoisotopic (exact) mass is 384 g/mol. The van der Waals surface area contributed by atoms with E-state index in [1.54, 1.807) is 6.26 Å². The molecule has 0 saturated carbocycles. The van der Waals surface area contributed by atoms with Gasteiger partial charge in [0.1, 0.15) is 18.4 Å². The Morgan fingerprint density at radius 2 is 2.10 bits per heavy atom. The minimum absolute atomic E-state index is 0.119. The maximum atomic E-state index is 12.9. The zero-order chi connectivity index (χ0) is 20.0. The fraction of sp³-hybridized carbons (Fsp3) is 0.174. The summed E-state index contributed by atoms with van der Waals surface area (Å²) in [5.74, 6) is 0.516. The van der Waals surface area contributed by atoms with E-state index in [0.717, 1.165) is 45.3 Å². The van der Waals surface area contributed by atoms with E-state index in [-0.39, 0.29) is 5.91 Å².